The third-order valence-corrected chi connectivity index (χ3v) is 4.66. The van der Waals surface area contributed by atoms with Crippen molar-refractivity contribution in [2.24, 2.45) is 17.8 Å². The van der Waals surface area contributed by atoms with Gasteiger partial charge in [-0.3, -0.25) is 9.59 Å². The molecule has 4 atom stereocenters. The zero-order valence-electron chi connectivity index (χ0n) is 18.8. The van der Waals surface area contributed by atoms with Crippen molar-refractivity contribution in [1.82, 2.24) is 0 Å². The molecule has 0 heterocycles. The molecule has 30 heavy (non-hydrogen) atoms. The number of ketones is 1. The van der Waals surface area contributed by atoms with Gasteiger partial charge in [-0.15, -0.1) is 0 Å². The number of hydrogen-bond acceptors (Lipinski definition) is 8. The molecule has 0 aromatic rings. The topological polar surface area (TPSA) is 130 Å². The summed E-state index contributed by atoms with van der Waals surface area (Å²) in [6, 6.07) is 0. The first-order valence-electron chi connectivity index (χ1n) is 9.94. The van der Waals surface area contributed by atoms with E-state index in [4.69, 9.17) is 9.47 Å². The molecule has 0 amide bonds. The standard InChI is InChI=1S/C21H34O8.Na/c1-6-15(19(24)25)11-16(10-14(5)21(27)28-7-2)18(23)9-8-17(22)12-29-20(26)13(3)4;/h14-17,22H,3,6-12H2,1-2,4-5H3,(H,24,25);/q;+1/p-1. The van der Waals surface area contributed by atoms with E-state index in [1.54, 1.807) is 20.8 Å². The second-order valence-corrected chi connectivity index (χ2v) is 7.28. The van der Waals surface area contributed by atoms with E-state index < -0.39 is 41.8 Å². The van der Waals surface area contributed by atoms with Crippen LogP contribution in [-0.4, -0.2) is 48.1 Å². The van der Waals surface area contributed by atoms with Gasteiger partial charge >= 0.3 is 41.5 Å². The van der Waals surface area contributed by atoms with Gasteiger partial charge in [0, 0.05) is 23.9 Å². The van der Waals surface area contributed by atoms with Crippen LogP contribution in [0.25, 0.3) is 0 Å². The first-order valence-corrected chi connectivity index (χ1v) is 9.94. The maximum atomic E-state index is 12.7. The minimum Gasteiger partial charge on any atom is -0.550 e. The van der Waals surface area contributed by atoms with Gasteiger partial charge in [0.25, 0.3) is 0 Å². The van der Waals surface area contributed by atoms with Crippen LogP contribution >= 0.6 is 0 Å². The Morgan fingerprint density at radius 3 is 2.13 bits per heavy atom. The number of hydrogen-bond donors (Lipinski definition) is 1. The Kier molecular flexibility index (Phi) is 17.0. The van der Waals surface area contributed by atoms with E-state index in [2.05, 4.69) is 6.58 Å². The van der Waals surface area contributed by atoms with Crippen molar-refractivity contribution in [3.05, 3.63) is 12.2 Å². The fourth-order valence-electron chi connectivity index (χ4n) is 2.83. The Bertz CT molecular complexity index is 590. The second kappa shape index (κ2) is 16.5. The fourth-order valence-corrected chi connectivity index (χ4v) is 2.83. The predicted octanol–water partition coefficient (Wildman–Crippen LogP) is -1.81. The molecule has 0 aliphatic heterocycles. The van der Waals surface area contributed by atoms with Crippen LogP contribution in [0.1, 0.15) is 59.8 Å². The number of esters is 2. The van der Waals surface area contributed by atoms with Crippen molar-refractivity contribution in [3.8, 4) is 0 Å². The molecule has 0 aliphatic carbocycles. The maximum Gasteiger partial charge on any atom is 1.00 e. The number of carbonyl (C=O) groups is 4. The van der Waals surface area contributed by atoms with E-state index in [0.29, 0.717) is 6.42 Å². The summed E-state index contributed by atoms with van der Waals surface area (Å²) in [5, 5.41) is 21.2. The van der Waals surface area contributed by atoms with Gasteiger partial charge in [0.1, 0.15) is 12.4 Å². The van der Waals surface area contributed by atoms with E-state index in [1.165, 1.54) is 6.92 Å². The van der Waals surface area contributed by atoms with Crippen molar-refractivity contribution in [3.63, 3.8) is 0 Å². The van der Waals surface area contributed by atoms with Crippen LogP contribution in [0.2, 0.25) is 0 Å². The van der Waals surface area contributed by atoms with E-state index in [-0.39, 0.29) is 79.8 Å². The van der Waals surface area contributed by atoms with E-state index in [0.717, 1.165) is 0 Å². The zero-order chi connectivity index (χ0) is 22.6. The van der Waals surface area contributed by atoms with E-state index >= 15 is 0 Å². The summed E-state index contributed by atoms with van der Waals surface area (Å²) in [6.07, 6.45) is -0.498. The molecule has 0 saturated carbocycles. The number of carbonyl (C=O) groups excluding carboxylic acids is 4. The van der Waals surface area contributed by atoms with Crippen LogP contribution in [0.4, 0.5) is 0 Å². The van der Waals surface area contributed by atoms with E-state index in [9.17, 15) is 29.4 Å². The first kappa shape index (κ1) is 31.0. The average Bonchev–Trinajstić information content (AvgIpc) is 2.66. The van der Waals surface area contributed by atoms with Crippen molar-refractivity contribution >= 4 is 23.7 Å². The van der Waals surface area contributed by atoms with Gasteiger partial charge < -0.3 is 24.5 Å². The van der Waals surface area contributed by atoms with Crippen molar-refractivity contribution in [1.29, 1.82) is 0 Å². The van der Waals surface area contributed by atoms with Gasteiger partial charge in [0.2, 0.25) is 0 Å². The van der Waals surface area contributed by atoms with Gasteiger partial charge in [-0.05, 0) is 45.4 Å². The molecular weight excluding hydrogens is 403 g/mol. The van der Waals surface area contributed by atoms with Crippen LogP contribution < -0.4 is 34.7 Å². The van der Waals surface area contributed by atoms with E-state index in [1.807, 2.05) is 0 Å². The summed E-state index contributed by atoms with van der Waals surface area (Å²) >= 11 is 0. The Morgan fingerprint density at radius 2 is 1.67 bits per heavy atom. The zero-order valence-corrected chi connectivity index (χ0v) is 20.8. The average molecular weight is 436 g/mol. The maximum absolute atomic E-state index is 12.7. The minimum atomic E-state index is -1.24. The van der Waals surface area contributed by atoms with Gasteiger partial charge in [0.05, 0.1) is 18.6 Å². The van der Waals surface area contributed by atoms with Crippen molar-refractivity contribution in [2.75, 3.05) is 13.2 Å². The molecule has 0 fully saturated rings. The normalized spacial score (nSPS) is 14.4. The summed E-state index contributed by atoms with van der Waals surface area (Å²) in [4.78, 5) is 47.2. The van der Waals surface area contributed by atoms with Crippen molar-refractivity contribution < 1.29 is 68.4 Å². The third-order valence-electron chi connectivity index (χ3n) is 4.66. The molecule has 9 heteroatoms. The molecular formula is C21H33NaO8. The molecule has 0 saturated heterocycles. The molecule has 0 aromatic heterocycles. The van der Waals surface area contributed by atoms with Gasteiger partial charge in [-0.1, -0.05) is 20.4 Å². The quantitative estimate of drug-likeness (QED) is 0.181. The van der Waals surface area contributed by atoms with Crippen LogP contribution in [-0.2, 0) is 28.7 Å². The number of Topliss-reactive ketones (excluding diaryl/α,β-unsaturated/α-hetero) is 1. The predicted molar refractivity (Wildman–Crippen MR) is 103 cm³/mol. The summed E-state index contributed by atoms with van der Waals surface area (Å²) < 4.78 is 9.81. The summed E-state index contributed by atoms with van der Waals surface area (Å²) in [5.41, 5.74) is 0.203. The number of aliphatic hydroxyl groups excluding tert-OH is 1. The Hall–Kier alpha value is -1.22. The number of rotatable bonds is 15. The number of carboxylic acid groups (broad SMARTS) is 1. The second-order valence-electron chi connectivity index (χ2n) is 7.28. The summed E-state index contributed by atoms with van der Waals surface area (Å²) in [5.74, 6) is -4.62. The van der Waals surface area contributed by atoms with Gasteiger partial charge in [0.15, 0.2) is 0 Å². The Morgan fingerprint density at radius 1 is 1.07 bits per heavy atom. The number of carboxylic acids is 1. The first-order chi connectivity index (χ1) is 13.5. The fraction of sp³-hybridized carbons (Fsp3) is 0.714. The molecule has 0 aliphatic rings. The van der Waals surface area contributed by atoms with Gasteiger partial charge in [-0.2, -0.15) is 0 Å². The number of aliphatic carboxylic acids is 1. The minimum absolute atomic E-state index is 0. The van der Waals surface area contributed by atoms with Gasteiger partial charge in [-0.25, -0.2) is 4.79 Å². The molecule has 8 nitrogen and oxygen atoms in total. The summed E-state index contributed by atoms with van der Waals surface area (Å²) in [6.45, 7) is 9.87. The largest absolute Gasteiger partial charge is 1.00 e. The molecule has 0 spiro atoms. The van der Waals surface area contributed by atoms with Crippen LogP contribution in [0.15, 0.2) is 12.2 Å². The molecule has 0 bridgehead atoms. The molecule has 1 N–H and O–H groups in total. The molecule has 0 aromatic carbocycles. The van der Waals surface area contributed by atoms with Crippen molar-refractivity contribution in [2.45, 2.75) is 65.9 Å². The summed E-state index contributed by atoms with van der Waals surface area (Å²) in [7, 11) is 0. The third kappa shape index (κ3) is 12.5. The molecule has 0 rings (SSSR count). The van der Waals surface area contributed by atoms with Crippen LogP contribution in [0, 0.1) is 17.8 Å². The SMILES string of the molecule is C=C(C)C(=O)OCC(O)CCC(=O)C(CC(C)C(=O)OCC)CC(CC)C(=O)[O-].[Na+]. The smallest absolute Gasteiger partial charge is 0.550 e. The number of aliphatic hydroxyl groups is 1. The Labute approximate surface area is 200 Å². The monoisotopic (exact) mass is 436 g/mol. The molecule has 166 valence electrons. The van der Waals surface area contributed by atoms with Crippen LogP contribution in [0.5, 0.6) is 0 Å². The molecule has 4 unspecified atom stereocenters. The number of ether oxygens (including phenoxy) is 2. The molecule has 0 radical (unpaired) electrons. The Balaban J connectivity index is 0. The van der Waals surface area contributed by atoms with Crippen LogP contribution in [0.3, 0.4) is 0 Å².